The third kappa shape index (κ3) is 1.15. The number of hydrogen-bond acceptors (Lipinski definition) is 3. The van der Waals surface area contributed by atoms with Crippen LogP contribution in [-0.2, 0) is 10.3 Å². The van der Waals surface area contributed by atoms with E-state index in [0.29, 0.717) is 5.69 Å². The minimum absolute atomic E-state index is 0.250. The molecule has 1 aromatic carbocycles. The molecule has 1 atom stereocenters. The number of aromatic nitrogens is 1. The van der Waals surface area contributed by atoms with Gasteiger partial charge in [0, 0.05) is 31.4 Å². The molecule has 1 unspecified atom stereocenters. The molecule has 0 saturated carbocycles. The molecule has 5 heteroatoms. The lowest BCUT2D eigenvalue weighted by Gasteiger charge is -2.29. The number of urea groups is 1. The van der Waals surface area contributed by atoms with E-state index in [1.165, 1.54) is 16.8 Å². The zero-order valence-electron chi connectivity index (χ0n) is 11.7. The quantitative estimate of drug-likeness (QED) is 0.691. The summed E-state index contributed by atoms with van der Waals surface area (Å²) in [7, 11) is 3.17. The van der Waals surface area contributed by atoms with Gasteiger partial charge in [0.1, 0.15) is 0 Å². The standard InChI is InChI=1S/C16H13N3O2/c1-18-14(20)16(19(2)15(18)21)12-8-4-3-6-10(12)11-7-5-9-17-13(11)16/h3-9H,1-2H3. The topological polar surface area (TPSA) is 53.5 Å². The first-order valence-electron chi connectivity index (χ1n) is 6.71. The Labute approximate surface area is 121 Å². The average molecular weight is 279 g/mol. The van der Waals surface area contributed by atoms with Crippen LogP contribution in [0.1, 0.15) is 11.3 Å². The minimum Gasteiger partial charge on any atom is -0.303 e. The monoisotopic (exact) mass is 279 g/mol. The lowest BCUT2D eigenvalue weighted by Crippen LogP contribution is -2.44. The highest BCUT2D eigenvalue weighted by atomic mass is 16.2. The van der Waals surface area contributed by atoms with Crippen LogP contribution in [0.25, 0.3) is 11.1 Å². The fourth-order valence-corrected chi connectivity index (χ4v) is 3.47. The normalized spacial score (nSPS) is 23.0. The van der Waals surface area contributed by atoms with E-state index >= 15 is 0 Å². The highest BCUT2D eigenvalue weighted by Gasteiger charge is 2.61. The van der Waals surface area contributed by atoms with Crippen molar-refractivity contribution >= 4 is 11.9 Å². The summed E-state index contributed by atoms with van der Waals surface area (Å²) >= 11 is 0. The van der Waals surface area contributed by atoms with Gasteiger partial charge in [0.15, 0.2) is 5.54 Å². The second kappa shape index (κ2) is 3.69. The van der Waals surface area contributed by atoms with E-state index < -0.39 is 5.54 Å². The summed E-state index contributed by atoms with van der Waals surface area (Å²) in [4.78, 5) is 32.3. The lowest BCUT2D eigenvalue weighted by atomic mass is 9.89. The lowest BCUT2D eigenvalue weighted by molar-refractivity contribution is -0.130. The third-order valence-electron chi connectivity index (χ3n) is 4.45. The minimum atomic E-state index is -1.13. The zero-order valence-corrected chi connectivity index (χ0v) is 11.7. The van der Waals surface area contributed by atoms with Crippen LogP contribution in [0, 0.1) is 0 Å². The average Bonchev–Trinajstić information content (AvgIpc) is 2.91. The number of pyridine rings is 1. The smallest absolute Gasteiger partial charge is 0.303 e. The summed E-state index contributed by atoms with van der Waals surface area (Å²) in [5.41, 5.74) is 2.21. The summed E-state index contributed by atoms with van der Waals surface area (Å²) < 4.78 is 0. The van der Waals surface area contributed by atoms with Crippen LogP contribution in [0.5, 0.6) is 0 Å². The number of hydrogen-bond donors (Lipinski definition) is 0. The highest BCUT2D eigenvalue weighted by molar-refractivity contribution is 6.12. The molecule has 0 radical (unpaired) electrons. The molecule has 3 amide bonds. The first-order valence-corrected chi connectivity index (χ1v) is 6.71. The van der Waals surface area contributed by atoms with Crippen molar-refractivity contribution in [1.29, 1.82) is 0 Å². The van der Waals surface area contributed by atoms with Crippen molar-refractivity contribution in [2.24, 2.45) is 0 Å². The van der Waals surface area contributed by atoms with Gasteiger partial charge in [0.2, 0.25) is 0 Å². The molecule has 0 bridgehead atoms. The molecule has 1 spiro atoms. The molecular formula is C16H13N3O2. The summed E-state index contributed by atoms with van der Waals surface area (Å²) in [5, 5.41) is 0. The van der Waals surface area contributed by atoms with Crippen molar-refractivity contribution in [3.05, 3.63) is 53.9 Å². The fraction of sp³-hybridized carbons (Fsp3) is 0.188. The Kier molecular flexibility index (Phi) is 2.12. The predicted octanol–water partition coefficient (Wildman–Crippen LogP) is 1.83. The van der Waals surface area contributed by atoms with Crippen molar-refractivity contribution in [2.45, 2.75) is 5.54 Å². The number of rotatable bonds is 0. The molecule has 104 valence electrons. The maximum atomic E-state index is 12.9. The molecule has 2 heterocycles. The van der Waals surface area contributed by atoms with Crippen LogP contribution in [-0.4, -0.2) is 40.8 Å². The summed E-state index contributed by atoms with van der Waals surface area (Å²) in [6.45, 7) is 0. The van der Waals surface area contributed by atoms with E-state index in [1.807, 2.05) is 36.4 Å². The number of carbonyl (C=O) groups excluding carboxylic acids is 2. The van der Waals surface area contributed by atoms with Gasteiger partial charge in [-0.1, -0.05) is 30.3 Å². The number of amides is 3. The summed E-state index contributed by atoms with van der Waals surface area (Å²) in [6, 6.07) is 11.2. The van der Waals surface area contributed by atoms with Gasteiger partial charge in [0.05, 0.1) is 5.69 Å². The van der Waals surface area contributed by atoms with Crippen LogP contribution >= 0.6 is 0 Å². The number of fused-ring (bicyclic) bond motifs is 5. The SMILES string of the molecule is CN1C(=O)N(C)C2(C1=O)c1ccccc1-c1cccnc12. The molecule has 4 rings (SSSR count). The molecule has 21 heavy (non-hydrogen) atoms. The predicted molar refractivity (Wildman–Crippen MR) is 76.4 cm³/mol. The van der Waals surface area contributed by atoms with Gasteiger partial charge < -0.3 is 4.90 Å². The number of benzene rings is 1. The fourth-order valence-electron chi connectivity index (χ4n) is 3.47. The second-order valence-electron chi connectivity index (χ2n) is 5.36. The molecule has 5 nitrogen and oxygen atoms in total. The van der Waals surface area contributed by atoms with Gasteiger partial charge in [-0.05, 0) is 11.6 Å². The number of carbonyl (C=O) groups is 2. The van der Waals surface area contributed by atoms with E-state index in [9.17, 15) is 9.59 Å². The number of imide groups is 1. The number of likely N-dealkylation sites (N-methyl/N-ethyl adjacent to an activating group) is 2. The van der Waals surface area contributed by atoms with Gasteiger partial charge in [0.25, 0.3) is 5.91 Å². The van der Waals surface area contributed by atoms with Gasteiger partial charge in [-0.15, -0.1) is 0 Å². The Balaban J connectivity index is 2.15. The van der Waals surface area contributed by atoms with Gasteiger partial charge in [-0.2, -0.15) is 0 Å². The Morgan fingerprint density at radius 3 is 2.43 bits per heavy atom. The van der Waals surface area contributed by atoms with E-state index in [4.69, 9.17) is 0 Å². The Morgan fingerprint density at radius 1 is 1.00 bits per heavy atom. The maximum absolute atomic E-state index is 12.9. The second-order valence-corrected chi connectivity index (χ2v) is 5.36. The van der Waals surface area contributed by atoms with Crippen LogP contribution in [0.2, 0.25) is 0 Å². The summed E-state index contributed by atoms with van der Waals surface area (Å²) in [5.74, 6) is -0.250. The van der Waals surface area contributed by atoms with Crippen LogP contribution in [0.3, 0.4) is 0 Å². The van der Waals surface area contributed by atoms with Crippen molar-refractivity contribution in [2.75, 3.05) is 14.1 Å². The van der Waals surface area contributed by atoms with Gasteiger partial charge in [-0.25, -0.2) is 4.79 Å². The third-order valence-corrected chi connectivity index (χ3v) is 4.45. The van der Waals surface area contributed by atoms with Gasteiger partial charge >= 0.3 is 6.03 Å². The Bertz CT molecular complexity index is 754. The molecule has 0 N–H and O–H groups in total. The Hall–Kier alpha value is -2.69. The number of nitrogens with zero attached hydrogens (tertiary/aromatic N) is 3. The van der Waals surface area contributed by atoms with Crippen LogP contribution in [0.4, 0.5) is 4.79 Å². The zero-order chi connectivity index (χ0) is 14.8. The molecule has 1 fully saturated rings. The van der Waals surface area contributed by atoms with E-state index in [2.05, 4.69) is 4.98 Å². The van der Waals surface area contributed by atoms with Crippen molar-refractivity contribution in [3.8, 4) is 11.1 Å². The molecular weight excluding hydrogens is 266 g/mol. The van der Waals surface area contributed by atoms with Crippen molar-refractivity contribution < 1.29 is 9.59 Å². The highest BCUT2D eigenvalue weighted by Crippen LogP contribution is 2.52. The molecule has 1 aromatic heterocycles. The summed E-state index contributed by atoms with van der Waals surface area (Å²) in [6.07, 6.45) is 1.66. The maximum Gasteiger partial charge on any atom is 0.327 e. The molecule has 1 saturated heterocycles. The van der Waals surface area contributed by atoms with Crippen LogP contribution in [0.15, 0.2) is 42.6 Å². The van der Waals surface area contributed by atoms with Crippen molar-refractivity contribution in [3.63, 3.8) is 0 Å². The van der Waals surface area contributed by atoms with Gasteiger partial charge in [-0.3, -0.25) is 14.7 Å². The Morgan fingerprint density at radius 2 is 1.71 bits per heavy atom. The van der Waals surface area contributed by atoms with E-state index in [1.54, 1.807) is 13.2 Å². The molecule has 1 aliphatic heterocycles. The first-order chi connectivity index (χ1) is 10.1. The van der Waals surface area contributed by atoms with E-state index in [-0.39, 0.29) is 11.9 Å². The molecule has 2 aliphatic rings. The largest absolute Gasteiger partial charge is 0.327 e. The van der Waals surface area contributed by atoms with Crippen LogP contribution < -0.4 is 0 Å². The van der Waals surface area contributed by atoms with Crippen molar-refractivity contribution in [1.82, 2.24) is 14.8 Å². The van der Waals surface area contributed by atoms with E-state index in [0.717, 1.165) is 16.7 Å². The first kappa shape index (κ1) is 12.1. The molecule has 2 aromatic rings. The molecule has 1 aliphatic carbocycles.